The first-order valence-electron chi connectivity index (χ1n) is 7.52. The van der Waals surface area contributed by atoms with Gasteiger partial charge in [-0.3, -0.25) is 4.68 Å². The van der Waals surface area contributed by atoms with Gasteiger partial charge in [0.25, 0.3) is 0 Å². The minimum atomic E-state index is 0.520. The molecule has 1 aliphatic heterocycles. The fourth-order valence-corrected chi connectivity index (χ4v) is 3.08. The molecule has 1 aromatic heterocycles. The molecule has 1 aromatic carbocycles. The predicted molar refractivity (Wildman–Crippen MR) is 77.1 cm³/mol. The van der Waals surface area contributed by atoms with Crippen LogP contribution in [-0.2, 0) is 0 Å². The fourth-order valence-electron chi connectivity index (χ4n) is 3.08. The highest BCUT2D eigenvalue weighted by molar-refractivity contribution is 5.78. The molecule has 2 unspecified atom stereocenters. The molecule has 2 heterocycles. The summed E-state index contributed by atoms with van der Waals surface area (Å²) in [7, 11) is 0. The molecule has 2 aromatic rings. The Bertz CT molecular complexity index is 589. The molecule has 2 fully saturated rings. The van der Waals surface area contributed by atoms with Crippen LogP contribution in [0.3, 0.4) is 0 Å². The zero-order valence-corrected chi connectivity index (χ0v) is 11.5. The zero-order valence-electron chi connectivity index (χ0n) is 11.5. The normalized spacial score (nSPS) is 27.8. The first-order chi connectivity index (χ1) is 9.29. The van der Waals surface area contributed by atoms with Crippen LogP contribution in [0.1, 0.15) is 50.3 Å². The van der Waals surface area contributed by atoms with Crippen molar-refractivity contribution in [2.24, 2.45) is 5.92 Å². The molecule has 3 nitrogen and oxygen atoms in total. The number of aromatic nitrogens is 2. The largest absolute Gasteiger partial charge is 0.310 e. The molecule has 2 aliphatic rings. The molecule has 100 valence electrons. The van der Waals surface area contributed by atoms with E-state index >= 15 is 0 Å². The van der Waals surface area contributed by atoms with E-state index in [1.165, 1.54) is 36.6 Å². The van der Waals surface area contributed by atoms with Gasteiger partial charge in [0.2, 0.25) is 0 Å². The molecule has 4 rings (SSSR count). The Morgan fingerprint density at radius 3 is 2.84 bits per heavy atom. The number of rotatable bonds is 2. The lowest BCUT2D eigenvalue weighted by Gasteiger charge is -2.28. The summed E-state index contributed by atoms with van der Waals surface area (Å²) >= 11 is 0. The third-order valence-corrected chi connectivity index (χ3v) is 4.53. The second-order valence-corrected chi connectivity index (χ2v) is 6.30. The van der Waals surface area contributed by atoms with E-state index in [9.17, 15) is 0 Å². The van der Waals surface area contributed by atoms with E-state index in [0.717, 1.165) is 18.0 Å². The molecule has 1 saturated heterocycles. The summed E-state index contributed by atoms with van der Waals surface area (Å²) in [4.78, 5) is 0. The summed E-state index contributed by atoms with van der Waals surface area (Å²) in [6, 6.07) is 7.98. The topological polar surface area (TPSA) is 29.9 Å². The highest BCUT2D eigenvalue weighted by atomic mass is 15.3. The predicted octanol–water partition coefficient (Wildman–Crippen LogP) is 3.43. The van der Waals surface area contributed by atoms with Crippen molar-refractivity contribution >= 4 is 10.9 Å². The summed E-state index contributed by atoms with van der Waals surface area (Å²) in [5, 5.41) is 9.67. The van der Waals surface area contributed by atoms with Crippen LogP contribution in [0.5, 0.6) is 0 Å². The van der Waals surface area contributed by atoms with Gasteiger partial charge in [0.05, 0.1) is 11.6 Å². The average Bonchev–Trinajstić information content (AvgIpc) is 3.19. The minimum absolute atomic E-state index is 0.520. The van der Waals surface area contributed by atoms with Crippen molar-refractivity contribution in [3.8, 4) is 0 Å². The number of nitrogens with one attached hydrogen (secondary N) is 1. The Balaban J connectivity index is 1.63. The molecular formula is C16H21N3. The number of fused-ring (bicyclic) bond motifs is 1. The van der Waals surface area contributed by atoms with E-state index in [1.54, 1.807) is 0 Å². The Morgan fingerprint density at radius 2 is 2.11 bits per heavy atom. The molecule has 2 atom stereocenters. The molecule has 0 radical (unpaired) electrons. The fraction of sp³-hybridized carbons (Fsp3) is 0.562. The van der Waals surface area contributed by atoms with E-state index in [1.807, 2.05) is 0 Å². The van der Waals surface area contributed by atoms with Crippen LogP contribution in [0.25, 0.3) is 10.9 Å². The van der Waals surface area contributed by atoms with E-state index < -0.39 is 0 Å². The quantitative estimate of drug-likeness (QED) is 0.891. The lowest BCUT2D eigenvalue weighted by Crippen LogP contribution is -2.31. The third kappa shape index (κ3) is 2.16. The SMILES string of the molecule is CC1CCC(c2ccc3cn(C4CC4)nc3c2)NC1. The molecule has 3 heteroatoms. The number of piperidine rings is 1. The molecule has 1 saturated carbocycles. The number of benzene rings is 1. The summed E-state index contributed by atoms with van der Waals surface area (Å²) in [6.45, 7) is 3.46. The average molecular weight is 255 g/mol. The van der Waals surface area contributed by atoms with Crippen LogP contribution in [0.2, 0.25) is 0 Å². The van der Waals surface area contributed by atoms with Gasteiger partial charge in [0.1, 0.15) is 0 Å². The van der Waals surface area contributed by atoms with Crippen molar-refractivity contribution in [3.05, 3.63) is 30.0 Å². The number of hydrogen-bond acceptors (Lipinski definition) is 2. The lowest BCUT2D eigenvalue weighted by atomic mass is 9.92. The van der Waals surface area contributed by atoms with Crippen LogP contribution in [0, 0.1) is 5.92 Å². The van der Waals surface area contributed by atoms with Crippen molar-refractivity contribution in [1.82, 2.24) is 15.1 Å². The van der Waals surface area contributed by atoms with Gasteiger partial charge < -0.3 is 5.32 Å². The number of nitrogens with zero attached hydrogens (tertiary/aromatic N) is 2. The van der Waals surface area contributed by atoms with Crippen molar-refractivity contribution < 1.29 is 0 Å². The van der Waals surface area contributed by atoms with Crippen molar-refractivity contribution in [3.63, 3.8) is 0 Å². The maximum absolute atomic E-state index is 4.73. The van der Waals surface area contributed by atoms with Crippen LogP contribution in [0.4, 0.5) is 0 Å². The molecule has 1 aliphatic carbocycles. The van der Waals surface area contributed by atoms with Crippen molar-refractivity contribution in [2.75, 3.05) is 6.54 Å². The van der Waals surface area contributed by atoms with Gasteiger partial charge in [-0.25, -0.2) is 0 Å². The summed E-state index contributed by atoms with van der Waals surface area (Å²) in [5.41, 5.74) is 2.56. The van der Waals surface area contributed by atoms with Gasteiger partial charge in [0.15, 0.2) is 0 Å². The third-order valence-electron chi connectivity index (χ3n) is 4.53. The standard InChI is InChI=1S/C16H21N3/c1-11-2-7-15(17-9-11)12-3-4-13-10-19(14-5-6-14)18-16(13)8-12/h3-4,8,10-11,14-15,17H,2,5-7,9H2,1H3. The summed E-state index contributed by atoms with van der Waals surface area (Å²) in [5.74, 6) is 0.814. The van der Waals surface area contributed by atoms with Crippen molar-refractivity contribution in [2.45, 2.75) is 44.7 Å². The van der Waals surface area contributed by atoms with E-state index in [-0.39, 0.29) is 0 Å². The van der Waals surface area contributed by atoms with Gasteiger partial charge in [0, 0.05) is 17.6 Å². The highest BCUT2D eigenvalue weighted by Crippen LogP contribution is 2.35. The van der Waals surface area contributed by atoms with Crippen LogP contribution in [0.15, 0.2) is 24.4 Å². The van der Waals surface area contributed by atoms with Gasteiger partial charge in [-0.15, -0.1) is 0 Å². The molecule has 0 amide bonds. The molecular weight excluding hydrogens is 234 g/mol. The van der Waals surface area contributed by atoms with Crippen LogP contribution in [-0.4, -0.2) is 16.3 Å². The highest BCUT2D eigenvalue weighted by Gasteiger charge is 2.25. The molecule has 0 bridgehead atoms. The summed E-state index contributed by atoms with van der Waals surface area (Å²) in [6.07, 6.45) is 7.36. The second kappa shape index (κ2) is 4.34. The van der Waals surface area contributed by atoms with Crippen molar-refractivity contribution in [1.29, 1.82) is 0 Å². The van der Waals surface area contributed by atoms with Crippen LogP contribution < -0.4 is 5.32 Å². The van der Waals surface area contributed by atoms with E-state index in [0.29, 0.717) is 12.1 Å². The van der Waals surface area contributed by atoms with Crippen LogP contribution >= 0.6 is 0 Å². The van der Waals surface area contributed by atoms with E-state index in [2.05, 4.69) is 41.3 Å². The number of hydrogen-bond donors (Lipinski definition) is 1. The van der Waals surface area contributed by atoms with E-state index in [4.69, 9.17) is 5.10 Å². The monoisotopic (exact) mass is 255 g/mol. The maximum atomic E-state index is 4.73. The van der Waals surface area contributed by atoms with Gasteiger partial charge >= 0.3 is 0 Å². The Labute approximate surface area is 114 Å². The Kier molecular flexibility index (Phi) is 2.62. The smallest absolute Gasteiger partial charge is 0.0926 e. The van der Waals surface area contributed by atoms with Gasteiger partial charge in [-0.1, -0.05) is 19.1 Å². The zero-order chi connectivity index (χ0) is 12.8. The van der Waals surface area contributed by atoms with Gasteiger partial charge in [-0.05, 0) is 49.8 Å². The Morgan fingerprint density at radius 1 is 1.21 bits per heavy atom. The maximum Gasteiger partial charge on any atom is 0.0926 e. The molecule has 1 N–H and O–H groups in total. The minimum Gasteiger partial charge on any atom is -0.310 e. The van der Waals surface area contributed by atoms with Gasteiger partial charge in [-0.2, -0.15) is 5.10 Å². The summed E-state index contributed by atoms with van der Waals surface area (Å²) < 4.78 is 2.16. The second-order valence-electron chi connectivity index (χ2n) is 6.30. The first kappa shape index (κ1) is 11.5. The lowest BCUT2D eigenvalue weighted by molar-refractivity contribution is 0.333. The molecule has 19 heavy (non-hydrogen) atoms. The molecule has 0 spiro atoms. The first-order valence-corrected chi connectivity index (χ1v) is 7.52. The Hall–Kier alpha value is -1.35.